The van der Waals surface area contributed by atoms with E-state index in [0.29, 0.717) is 5.02 Å². The van der Waals surface area contributed by atoms with Crippen LogP contribution in [0.3, 0.4) is 0 Å². The van der Waals surface area contributed by atoms with Gasteiger partial charge in [-0.25, -0.2) is 4.79 Å². The van der Waals surface area contributed by atoms with Gasteiger partial charge in [-0.15, -0.1) is 0 Å². The minimum Gasteiger partial charge on any atom is -0.467 e. The Kier molecular flexibility index (Phi) is 4.46. The number of halogens is 1. The minimum absolute atomic E-state index is 0.0907. The van der Waals surface area contributed by atoms with Gasteiger partial charge in [-0.1, -0.05) is 17.7 Å². The third-order valence-corrected chi connectivity index (χ3v) is 2.43. The van der Waals surface area contributed by atoms with Crippen molar-refractivity contribution in [2.45, 2.75) is 12.2 Å². The number of aliphatic hydroxyl groups excluding tert-OH is 2. The molecule has 0 aliphatic heterocycles. The summed E-state index contributed by atoms with van der Waals surface area (Å²) in [4.78, 5) is 11.1. The number of methoxy groups -OCH3 is 1. The molecule has 17 heavy (non-hydrogen) atoms. The van der Waals surface area contributed by atoms with E-state index in [-0.39, 0.29) is 11.1 Å². The zero-order chi connectivity index (χ0) is 13.0. The van der Waals surface area contributed by atoms with Crippen LogP contribution in [0.25, 0.3) is 0 Å². The first-order chi connectivity index (χ1) is 8.01. The van der Waals surface area contributed by atoms with Crippen LogP contribution in [-0.4, -0.2) is 29.4 Å². The second-order valence-electron chi connectivity index (χ2n) is 3.26. The van der Waals surface area contributed by atoms with Gasteiger partial charge in [-0.05, 0) is 12.1 Å². The SMILES string of the molecule is COC(=O)C(O)C(O)c1ccc(Cl)cc1C#N. The lowest BCUT2D eigenvalue weighted by Crippen LogP contribution is -2.29. The Bertz CT molecular complexity index is 469. The zero-order valence-electron chi connectivity index (χ0n) is 8.92. The molecule has 1 aromatic rings. The molecule has 1 rings (SSSR count). The highest BCUT2D eigenvalue weighted by Gasteiger charge is 2.28. The first-order valence-corrected chi connectivity index (χ1v) is 5.02. The van der Waals surface area contributed by atoms with Crippen LogP contribution in [0, 0.1) is 11.3 Å². The highest BCUT2D eigenvalue weighted by Crippen LogP contribution is 2.24. The molecule has 0 saturated heterocycles. The van der Waals surface area contributed by atoms with Crippen LogP contribution in [-0.2, 0) is 9.53 Å². The quantitative estimate of drug-likeness (QED) is 0.779. The third-order valence-electron chi connectivity index (χ3n) is 2.20. The first kappa shape index (κ1) is 13.5. The van der Waals surface area contributed by atoms with E-state index in [9.17, 15) is 15.0 Å². The number of aliphatic hydroxyl groups is 2. The Morgan fingerprint density at radius 3 is 2.71 bits per heavy atom. The number of benzene rings is 1. The van der Waals surface area contributed by atoms with Crippen LogP contribution >= 0.6 is 11.6 Å². The fraction of sp³-hybridized carbons (Fsp3) is 0.273. The van der Waals surface area contributed by atoms with Crippen LogP contribution in [0.4, 0.5) is 0 Å². The maximum absolute atomic E-state index is 11.1. The zero-order valence-corrected chi connectivity index (χ0v) is 9.68. The molecule has 0 saturated carbocycles. The van der Waals surface area contributed by atoms with Gasteiger partial charge in [-0.3, -0.25) is 0 Å². The molecule has 0 amide bonds. The maximum Gasteiger partial charge on any atom is 0.337 e. The van der Waals surface area contributed by atoms with Crippen molar-refractivity contribution in [3.8, 4) is 6.07 Å². The molecule has 0 fully saturated rings. The Morgan fingerprint density at radius 2 is 2.18 bits per heavy atom. The molecule has 0 aliphatic carbocycles. The van der Waals surface area contributed by atoms with Crippen molar-refractivity contribution in [3.63, 3.8) is 0 Å². The lowest BCUT2D eigenvalue weighted by Gasteiger charge is -2.17. The number of ether oxygens (including phenoxy) is 1. The fourth-order valence-electron chi connectivity index (χ4n) is 1.30. The summed E-state index contributed by atoms with van der Waals surface area (Å²) in [6.45, 7) is 0. The normalized spacial score (nSPS) is 13.6. The van der Waals surface area contributed by atoms with E-state index in [0.717, 1.165) is 7.11 Å². The number of carbonyl (C=O) groups is 1. The average molecular weight is 256 g/mol. The summed E-state index contributed by atoms with van der Waals surface area (Å²) in [7, 11) is 1.09. The fourth-order valence-corrected chi connectivity index (χ4v) is 1.48. The molecule has 0 aliphatic rings. The van der Waals surface area contributed by atoms with E-state index in [1.165, 1.54) is 18.2 Å². The first-order valence-electron chi connectivity index (χ1n) is 4.64. The van der Waals surface area contributed by atoms with Gasteiger partial charge in [0.15, 0.2) is 6.10 Å². The molecule has 2 atom stereocenters. The second kappa shape index (κ2) is 5.64. The molecule has 0 aromatic heterocycles. The largest absolute Gasteiger partial charge is 0.467 e. The van der Waals surface area contributed by atoms with E-state index >= 15 is 0 Å². The van der Waals surface area contributed by atoms with Crippen LogP contribution < -0.4 is 0 Å². The molecule has 6 heteroatoms. The maximum atomic E-state index is 11.1. The van der Waals surface area contributed by atoms with Crippen molar-refractivity contribution in [2.75, 3.05) is 7.11 Å². The molecule has 90 valence electrons. The van der Waals surface area contributed by atoms with Gasteiger partial charge in [-0.2, -0.15) is 5.26 Å². The van der Waals surface area contributed by atoms with Crippen LogP contribution in [0.5, 0.6) is 0 Å². The lowest BCUT2D eigenvalue weighted by atomic mass is 9.99. The highest BCUT2D eigenvalue weighted by atomic mass is 35.5. The number of nitrogens with zero attached hydrogens (tertiary/aromatic N) is 1. The molecule has 1 aromatic carbocycles. The topological polar surface area (TPSA) is 90.6 Å². The van der Waals surface area contributed by atoms with Crippen molar-refractivity contribution in [2.24, 2.45) is 0 Å². The Hall–Kier alpha value is -1.61. The highest BCUT2D eigenvalue weighted by molar-refractivity contribution is 6.30. The molecule has 0 bridgehead atoms. The van der Waals surface area contributed by atoms with Crippen LogP contribution in [0.2, 0.25) is 5.02 Å². The number of nitriles is 1. The van der Waals surface area contributed by atoms with Gasteiger partial charge in [0.25, 0.3) is 0 Å². The Morgan fingerprint density at radius 1 is 1.53 bits per heavy atom. The van der Waals surface area contributed by atoms with Gasteiger partial charge in [0.05, 0.1) is 18.7 Å². The van der Waals surface area contributed by atoms with E-state index in [1.54, 1.807) is 0 Å². The molecule has 2 N–H and O–H groups in total. The number of rotatable bonds is 3. The summed E-state index contributed by atoms with van der Waals surface area (Å²) in [5, 5.41) is 28.4. The van der Waals surface area contributed by atoms with Gasteiger partial charge in [0, 0.05) is 10.6 Å². The monoisotopic (exact) mass is 255 g/mol. The van der Waals surface area contributed by atoms with Gasteiger partial charge in [0.2, 0.25) is 0 Å². The standard InChI is InChI=1S/C11H10ClNO4/c1-17-11(16)10(15)9(14)8-3-2-7(12)4-6(8)5-13/h2-4,9-10,14-15H,1H3. The number of hydrogen-bond acceptors (Lipinski definition) is 5. The molecular weight excluding hydrogens is 246 g/mol. The Labute approximate surface area is 103 Å². The summed E-state index contributed by atoms with van der Waals surface area (Å²) in [6.07, 6.45) is -3.28. The smallest absolute Gasteiger partial charge is 0.337 e. The third kappa shape index (κ3) is 2.94. The van der Waals surface area contributed by atoms with E-state index < -0.39 is 18.2 Å². The van der Waals surface area contributed by atoms with E-state index in [4.69, 9.17) is 16.9 Å². The lowest BCUT2D eigenvalue weighted by molar-refractivity contribution is -0.156. The van der Waals surface area contributed by atoms with Crippen molar-refractivity contribution in [1.82, 2.24) is 0 Å². The predicted molar refractivity (Wildman–Crippen MR) is 59.1 cm³/mol. The minimum atomic E-state index is -1.74. The molecule has 0 spiro atoms. The number of hydrogen-bond donors (Lipinski definition) is 2. The average Bonchev–Trinajstić information content (AvgIpc) is 2.35. The molecule has 0 radical (unpaired) electrons. The van der Waals surface area contributed by atoms with Crippen molar-refractivity contribution in [1.29, 1.82) is 5.26 Å². The summed E-state index contributed by atoms with van der Waals surface area (Å²) >= 11 is 5.68. The molecule has 2 unspecified atom stereocenters. The summed E-state index contributed by atoms with van der Waals surface area (Å²) < 4.78 is 4.29. The summed E-state index contributed by atoms with van der Waals surface area (Å²) in [5.41, 5.74) is 0.211. The number of carbonyl (C=O) groups excluding carboxylic acids is 1. The summed E-state index contributed by atoms with van der Waals surface area (Å²) in [5.74, 6) is -0.976. The van der Waals surface area contributed by atoms with Crippen molar-refractivity contribution < 1.29 is 19.7 Å². The number of esters is 1. The van der Waals surface area contributed by atoms with E-state index in [1.807, 2.05) is 6.07 Å². The van der Waals surface area contributed by atoms with Crippen LogP contribution in [0.1, 0.15) is 17.2 Å². The van der Waals surface area contributed by atoms with E-state index in [2.05, 4.69) is 4.74 Å². The van der Waals surface area contributed by atoms with Crippen LogP contribution in [0.15, 0.2) is 18.2 Å². The second-order valence-corrected chi connectivity index (χ2v) is 3.69. The van der Waals surface area contributed by atoms with Gasteiger partial charge in [0.1, 0.15) is 6.10 Å². The van der Waals surface area contributed by atoms with Gasteiger partial charge < -0.3 is 14.9 Å². The Balaban J connectivity index is 3.08. The van der Waals surface area contributed by atoms with Gasteiger partial charge >= 0.3 is 5.97 Å². The predicted octanol–water partition coefficient (Wildman–Crippen LogP) is 0.779. The van der Waals surface area contributed by atoms with Crippen molar-refractivity contribution in [3.05, 3.63) is 34.3 Å². The molecule has 0 heterocycles. The van der Waals surface area contributed by atoms with Crippen molar-refractivity contribution >= 4 is 17.6 Å². The molecular formula is C11H10ClNO4. The summed E-state index contributed by atoms with van der Waals surface area (Å²) in [6, 6.07) is 5.98. The molecule has 5 nitrogen and oxygen atoms in total.